The van der Waals surface area contributed by atoms with Crippen molar-refractivity contribution in [2.75, 3.05) is 0 Å². The quantitative estimate of drug-likeness (QED) is 0.512. The molecule has 1 aromatic rings. The van der Waals surface area contributed by atoms with Crippen molar-refractivity contribution in [2.45, 2.75) is 82.6 Å². The van der Waals surface area contributed by atoms with E-state index in [1.54, 1.807) is 12.1 Å². The summed E-state index contributed by atoms with van der Waals surface area (Å²) in [7, 11) is 0. The molecule has 0 spiro atoms. The maximum atomic E-state index is 13.8. The van der Waals surface area contributed by atoms with Crippen molar-refractivity contribution in [3.8, 4) is 0 Å². The summed E-state index contributed by atoms with van der Waals surface area (Å²) in [5.41, 5.74) is 1.15. The normalized spacial score (nSPS) is 43.2. The van der Waals surface area contributed by atoms with Gasteiger partial charge in [0.25, 0.3) is 5.69 Å². The van der Waals surface area contributed by atoms with Gasteiger partial charge in [-0.05, 0) is 105 Å². The van der Waals surface area contributed by atoms with E-state index in [2.05, 4.69) is 12.2 Å². The first-order valence-electron chi connectivity index (χ1n) is 12.4. The summed E-state index contributed by atoms with van der Waals surface area (Å²) in [5.74, 6) is 3.92. The lowest BCUT2D eigenvalue weighted by molar-refractivity contribution is -0.384. The van der Waals surface area contributed by atoms with E-state index < -0.39 is 0 Å². The van der Waals surface area contributed by atoms with Crippen molar-refractivity contribution in [2.24, 2.45) is 35.0 Å². The Morgan fingerprint density at radius 1 is 1.03 bits per heavy atom. The zero-order chi connectivity index (χ0) is 21.4. The van der Waals surface area contributed by atoms with E-state index in [0.717, 1.165) is 43.9 Å². The van der Waals surface area contributed by atoms with Gasteiger partial charge < -0.3 is 5.32 Å². The Balaban J connectivity index is 1.24. The van der Waals surface area contributed by atoms with Crippen LogP contribution in [0.15, 0.2) is 24.3 Å². The number of nitro benzene ring substituents is 1. The van der Waals surface area contributed by atoms with Gasteiger partial charge in [0.05, 0.1) is 10.3 Å². The van der Waals surface area contributed by atoms with Crippen molar-refractivity contribution in [3.63, 3.8) is 0 Å². The first kappa shape index (κ1) is 19.8. The Kier molecular flexibility index (Phi) is 4.33. The summed E-state index contributed by atoms with van der Waals surface area (Å²) in [6.45, 7) is 2.25. The Morgan fingerprint density at radius 3 is 2.32 bits per heavy atom. The van der Waals surface area contributed by atoms with Crippen LogP contribution in [0.1, 0.15) is 76.7 Å². The van der Waals surface area contributed by atoms with Crippen molar-refractivity contribution in [3.05, 3.63) is 39.9 Å². The number of carbonyl (C=O) groups is 1. The molecule has 1 amide bonds. The number of nitrogens with one attached hydrogen (secondary N) is 1. The summed E-state index contributed by atoms with van der Waals surface area (Å²) < 4.78 is 0. The van der Waals surface area contributed by atoms with Crippen molar-refractivity contribution >= 4 is 11.6 Å². The van der Waals surface area contributed by atoms with Crippen LogP contribution in [0.4, 0.5) is 5.69 Å². The number of hydrogen-bond acceptors (Lipinski definition) is 3. The van der Waals surface area contributed by atoms with E-state index in [4.69, 9.17) is 0 Å². The van der Waals surface area contributed by atoms with Crippen LogP contribution < -0.4 is 5.32 Å². The molecule has 1 aromatic carbocycles. The van der Waals surface area contributed by atoms with E-state index in [1.165, 1.54) is 37.7 Å². The number of benzene rings is 1. The Morgan fingerprint density at radius 2 is 1.74 bits per heavy atom. The summed E-state index contributed by atoms with van der Waals surface area (Å²) >= 11 is 0. The SMILES string of the molecule is C[C@@H](NC(=O)C12C[C@H]3C[C@@H](C1)CC(c1ccc([N+](=O)[O-])cc1)(C3)C2)[C@@H]1C[C@H]2CC[C@H]1C2. The molecule has 6 saturated carbocycles. The molecule has 6 fully saturated rings. The monoisotopic (exact) mass is 422 g/mol. The van der Waals surface area contributed by atoms with Crippen molar-refractivity contribution < 1.29 is 9.72 Å². The van der Waals surface area contributed by atoms with E-state index in [-0.39, 0.29) is 27.5 Å². The zero-order valence-corrected chi connectivity index (χ0v) is 18.5. The van der Waals surface area contributed by atoms with Gasteiger partial charge in [-0.15, -0.1) is 0 Å². The molecule has 8 atom stereocenters. The first-order valence-corrected chi connectivity index (χ1v) is 12.4. The highest BCUT2D eigenvalue weighted by Crippen LogP contribution is 2.66. The lowest BCUT2D eigenvalue weighted by Gasteiger charge is -2.61. The highest BCUT2D eigenvalue weighted by molar-refractivity contribution is 5.84. The van der Waals surface area contributed by atoms with Gasteiger partial charge in [0, 0.05) is 18.2 Å². The molecule has 0 aliphatic heterocycles. The van der Waals surface area contributed by atoms with Crippen molar-refractivity contribution in [1.82, 2.24) is 5.32 Å². The van der Waals surface area contributed by atoms with Crippen LogP contribution in [-0.4, -0.2) is 16.9 Å². The minimum Gasteiger partial charge on any atom is -0.353 e. The predicted octanol–water partition coefficient (Wildman–Crippen LogP) is 5.37. The van der Waals surface area contributed by atoms with Crippen LogP contribution in [0.5, 0.6) is 0 Å². The molecule has 0 saturated heterocycles. The number of hydrogen-bond donors (Lipinski definition) is 1. The average Bonchev–Trinajstić information content (AvgIpc) is 3.36. The van der Waals surface area contributed by atoms with Crippen LogP contribution in [-0.2, 0) is 10.2 Å². The fraction of sp³-hybridized carbons (Fsp3) is 0.731. The summed E-state index contributed by atoms with van der Waals surface area (Å²) in [4.78, 5) is 24.6. The minimum atomic E-state index is -0.324. The second-order valence-electron chi connectivity index (χ2n) is 11.9. The molecule has 7 rings (SSSR count). The summed E-state index contributed by atoms with van der Waals surface area (Å²) in [5, 5.41) is 14.6. The molecule has 0 radical (unpaired) electrons. The van der Waals surface area contributed by atoms with Crippen LogP contribution >= 0.6 is 0 Å². The van der Waals surface area contributed by atoms with Gasteiger partial charge in [0.15, 0.2) is 0 Å². The van der Waals surface area contributed by atoms with E-state index in [0.29, 0.717) is 23.7 Å². The number of nitrogens with zero attached hydrogens (tertiary/aromatic N) is 1. The fourth-order valence-corrected chi connectivity index (χ4v) is 9.18. The molecule has 6 aliphatic rings. The Hall–Kier alpha value is -1.91. The lowest BCUT2D eigenvalue weighted by atomic mass is 9.42. The molecule has 31 heavy (non-hydrogen) atoms. The van der Waals surface area contributed by atoms with E-state index in [9.17, 15) is 14.9 Å². The van der Waals surface area contributed by atoms with Gasteiger partial charge in [-0.3, -0.25) is 14.9 Å². The molecular weight excluding hydrogens is 388 g/mol. The molecular formula is C26H34N2O3. The van der Waals surface area contributed by atoms with Crippen molar-refractivity contribution in [1.29, 1.82) is 0 Å². The number of amides is 1. The molecule has 6 aliphatic carbocycles. The topological polar surface area (TPSA) is 72.2 Å². The maximum Gasteiger partial charge on any atom is 0.269 e. The molecule has 166 valence electrons. The maximum absolute atomic E-state index is 13.8. The van der Waals surface area contributed by atoms with E-state index >= 15 is 0 Å². The first-order chi connectivity index (χ1) is 14.9. The van der Waals surface area contributed by atoms with Crippen LogP contribution in [0.25, 0.3) is 0 Å². The summed E-state index contributed by atoms with van der Waals surface area (Å²) in [6.07, 6.45) is 11.9. The average molecular weight is 423 g/mol. The fourth-order valence-electron chi connectivity index (χ4n) is 9.18. The smallest absolute Gasteiger partial charge is 0.269 e. The highest BCUT2D eigenvalue weighted by atomic mass is 16.6. The Bertz CT molecular complexity index is 896. The third kappa shape index (κ3) is 3.06. The lowest BCUT2D eigenvalue weighted by Crippen LogP contribution is -2.60. The van der Waals surface area contributed by atoms with Crippen LogP contribution in [0.3, 0.4) is 0 Å². The van der Waals surface area contributed by atoms with Gasteiger partial charge in [-0.2, -0.15) is 0 Å². The Labute approximate surface area is 184 Å². The van der Waals surface area contributed by atoms with Gasteiger partial charge in [0.1, 0.15) is 0 Å². The zero-order valence-electron chi connectivity index (χ0n) is 18.5. The van der Waals surface area contributed by atoms with Crippen LogP contribution in [0, 0.1) is 45.1 Å². The number of fused-ring (bicyclic) bond motifs is 2. The number of rotatable bonds is 5. The molecule has 0 aromatic heterocycles. The molecule has 2 unspecified atom stereocenters. The molecule has 0 heterocycles. The third-order valence-electron chi connectivity index (χ3n) is 10.0. The second kappa shape index (κ2) is 6.79. The second-order valence-corrected chi connectivity index (χ2v) is 11.9. The number of nitro groups is 1. The van der Waals surface area contributed by atoms with E-state index in [1.807, 2.05) is 12.1 Å². The largest absolute Gasteiger partial charge is 0.353 e. The standard InChI is InChI=1S/C26H34N2O3/c1-16(23-10-17-2-3-20(23)9-17)27-24(29)26-13-18-8-19(14-26)12-25(11-18,15-26)21-4-6-22(7-5-21)28(30)31/h4-7,16-20,23H,2-3,8-15H2,1H3,(H,27,29)/t16-,17+,18-,19+,20+,23+,25?,26?/m1/s1. The number of carbonyl (C=O) groups excluding carboxylic acids is 1. The van der Waals surface area contributed by atoms with Gasteiger partial charge in [-0.25, -0.2) is 0 Å². The van der Waals surface area contributed by atoms with Gasteiger partial charge >= 0.3 is 0 Å². The minimum absolute atomic E-state index is 0.0201. The molecule has 1 N–H and O–H groups in total. The van der Waals surface area contributed by atoms with Gasteiger partial charge in [-0.1, -0.05) is 18.6 Å². The molecule has 6 bridgehead atoms. The highest BCUT2D eigenvalue weighted by Gasteiger charge is 2.61. The predicted molar refractivity (Wildman–Crippen MR) is 118 cm³/mol. The number of non-ortho nitro benzene ring substituents is 1. The summed E-state index contributed by atoms with van der Waals surface area (Å²) in [6, 6.07) is 7.52. The van der Waals surface area contributed by atoms with Crippen LogP contribution in [0.2, 0.25) is 0 Å². The molecule has 5 heteroatoms. The van der Waals surface area contributed by atoms with Gasteiger partial charge in [0.2, 0.25) is 5.91 Å². The molecule has 5 nitrogen and oxygen atoms in total. The third-order valence-corrected chi connectivity index (χ3v) is 10.0.